The lowest BCUT2D eigenvalue weighted by atomic mass is 9.92. The summed E-state index contributed by atoms with van der Waals surface area (Å²) in [5.41, 5.74) is 0.748. The van der Waals surface area contributed by atoms with Crippen LogP contribution < -0.4 is 0 Å². The van der Waals surface area contributed by atoms with Crippen molar-refractivity contribution in [2.75, 3.05) is 0 Å². The van der Waals surface area contributed by atoms with Crippen LogP contribution in [0.2, 0.25) is 0 Å². The van der Waals surface area contributed by atoms with Crippen LogP contribution in [0.3, 0.4) is 0 Å². The van der Waals surface area contributed by atoms with Gasteiger partial charge in [-0.3, -0.25) is 14.9 Å². The van der Waals surface area contributed by atoms with Crippen molar-refractivity contribution < 1.29 is 24.3 Å². The van der Waals surface area contributed by atoms with Gasteiger partial charge < -0.3 is 14.6 Å². The molecule has 3 aliphatic rings. The molecule has 4 atom stereocenters. The Kier molecular flexibility index (Phi) is 3.30. The van der Waals surface area contributed by atoms with Crippen LogP contribution in [-0.4, -0.2) is 22.1 Å². The van der Waals surface area contributed by atoms with Crippen molar-refractivity contribution in [3.05, 3.63) is 63.6 Å². The van der Waals surface area contributed by atoms with Gasteiger partial charge >= 0.3 is 5.97 Å². The normalized spacial score (nSPS) is 29.5. The van der Waals surface area contributed by atoms with E-state index in [1.54, 1.807) is 18.2 Å². The van der Waals surface area contributed by atoms with Crippen LogP contribution in [0.5, 0.6) is 0 Å². The second-order valence-corrected chi connectivity index (χ2v) is 6.23. The number of benzene rings is 1. The van der Waals surface area contributed by atoms with Crippen LogP contribution in [0.1, 0.15) is 12.0 Å². The summed E-state index contributed by atoms with van der Waals surface area (Å²) in [6, 6.07) is 6.32. The number of aliphatic carboxylic acids is 1. The van der Waals surface area contributed by atoms with E-state index in [9.17, 15) is 14.9 Å². The quantitative estimate of drug-likeness (QED) is 0.658. The van der Waals surface area contributed by atoms with E-state index >= 15 is 0 Å². The highest BCUT2D eigenvalue weighted by atomic mass is 16.6. The molecule has 0 aromatic heterocycles. The molecule has 2 fully saturated rings. The minimum absolute atomic E-state index is 0.0334. The number of carbonyl (C=O) groups is 1. The van der Waals surface area contributed by atoms with Crippen molar-refractivity contribution in [2.24, 2.45) is 17.8 Å². The molecule has 0 spiro atoms. The molecule has 1 aliphatic heterocycles. The molecule has 2 aliphatic carbocycles. The SMILES string of the molecule is O=C(O)[C@H]1[C@@H]2OC3=CC(OCc4cccc([N+](=O)[O-])c4)=CCC3[C@@H]21. The zero-order chi connectivity index (χ0) is 16.8. The maximum absolute atomic E-state index is 11.1. The number of non-ortho nitro benzene ring substituents is 1. The highest BCUT2D eigenvalue weighted by Crippen LogP contribution is 2.58. The first-order chi connectivity index (χ1) is 11.5. The zero-order valence-corrected chi connectivity index (χ0v) is 12.6. The molecule has 0 bridgehead atoms. The number of carboxylic acids is 1. The summed E-state index contributed by atoms with van der Waals surface area (Å²) < 4.78 is 11.4. The predicted molar refractivity (Wildman–Crippen MR) is 81.6 cm³/mol. The smallest absolute Gasteiger partial charge is 0.310 e. The van der Waals surface area contributed by atoms with E-state index in [1.807, 2.05) is 6.08 Å². The van der Waals surface area contributed by atoms with E-state index in [2.05, 4.69) is 0 Å². The van der Waals surface area contributed by atoms with Gasteiger partial charge in [-0.1, -0.05) is 12.1 Å². The Morgan fingerprint density at radius 1 is 1.46 bits per heavy atom. The maximum atomic E-state index is 11.1. The van der Waals surface area contributed by atoms with Gasteiger partial charge in [0.1, 0.15) is 30.1 Å². The largest absolute Gasteiger partial charge is 0.493 e. The standard InChI is InChI=1S/C17H15NO6/c19-17(20)15-14-12-5-4-11(7-13(12)24-16(14)15)23-8-9-2-1-3-10(6-9)18(21)22/h1-4,6-7,12,14-16H,5,8H2,(H,19,20)/t12?,14-,15-,16-/m1/s1. The van der Waals surface area contributed by atoms with E-state index in [0.717, 1.165) is 5.76 Å². The molecule has 1 N–H and O–H groups in total. The fourth-order valence-corrected chi connectivity index (χ4v) is 3.56. The lowest BCUT2D eigenvalue weighted by molar-refractivity contribution is -0.384. The Bertz CT molecular complexity index is 783. The van der Waals surface area contributed by atoms with Gasteiger partial charge in [0.2, 0.25) is 0 Å². The van der Waals surface area contributed by atoms with Crippen LogP contribution in [0.4, 0.5) is 5.69 Å². The minimum atomic E-state index is -0.791. The average molecular weight is 329 g/mol. The molecule has 0 radical (unpaired) electrons. The molecular weight excluding hydrogens is 314 g/mol. The van der Waals surface area contributed by atoms with Crippen molar-refractivity contribution >= 4 is 11.7 Å². The fraction of sp³-hybridized carbons (Fsp3) is 0.353. The highest BCUT2D eigenvalue weighted by molar-refractivity contribution is 5.76. The fourth-order valence-electron chi connectivity index (χ4n) is 3.56. The van der Waals surface area contributed by atoms with Gasteiger partial charge in [-0.15, -0.1) is 0 Å². The van der Waals surface area contributed by atoms with E-state index in [4.69, 9.17) is 14.6 Å². The second kappa shape index (κ2) is 5.36. The van der Waals surface area contributed by atoms with Gasteiger partial charge in [-0.25, -0.2) is 0 Å². The first-order valence-electron chi connectivity index (χ1n) is 7.72. The second-order valence-electron chi connectivity index (χ2n) is 6.23. The van der Waals surface area contributed by atoms with Gasteiger partial charge in [0.25, 0.3) is 5.69 Å². The third kappa shape index (κ3) is 2.42. The molecule has 4 rings (SSSR count). The Labute approximate surface area is 137 Å². The summed E-state index contributed by atoms with van der Waals surface area (Å²) in [4.78, 5) is 21.4. The Morgan fingerprint density at radius 3 is 3.04 bits per heavy atom. The van der Waals surface area contributed by atoms with E-state index in [0.29, 0.717) is 17.7 Å². The minimum Gasteiger partial charge on any atom is -0.493 e. The number of nitro groups is 1. The Morgan fingerprint density at radius 2 is 2.29 bits per heavy atom. The molecule has 1 unspecified atom stereocenters. The number of fused-ring (bicyclic) bond motifs is 3. The lowest BCUT2D eigenvalue weighted by Gasteiger charge is -2.20. The van der Waals surface area contributed by atoms with Crippen molar-refractivity contribution in [2.45, 2.75) is 19.1 Å². The molecule has 0 amide bonds. The summed E-state index contributed by atoms with van der Waals surface area (Å²) >= 11 is 0. The van der Waals surface area contributed by atoms with Gasteiger partial charge in [0.05, 0.1) is 4.92 Å². The molecule has 7 nitrogen and oxygen atoms in total. The van der Waals surface area contributed by atoms with E-state index in [-0.39, 0.29) is 36.2 Å². The lowest BCUT2D eigenvalue weighted by Crippen LogP contribution is -2.15. The zero-order valence-electron chi connectivity index (χ0n) is 12.6. The number of carboxylic acid groups (broad SMARTS) is 1. The summed E-state index contributed by atoms with van der Waals surface area (Å²) in [6.07, 6.45) is 4.22. The van der Waals surface area contributed by atoms with Crippen LogP contribution in [-0.2, 0) is 20.9 Å². The van der Waals surface area contributed by atoms with Crippen molar-refractivity contribution in [1.29, 1.82) is 0 Å². The Balaban J connectivity index is 1.38. The third-order valence-electron chi connectivity index (χ3n) is 4.78. The molecule has 1 saturated carbocycles. The van der Waals surface area contributed by atoms with Gasteiger partial charge in [0.15, 0.2) is 0 Å². The topological polar surface area (TPSA) is 98.9 Å². The first kappa shape index (κ1) is 14.7. The van der Waals surface area contributed by atoms with Crippen LogP contribution in [0.25, 0.3) is 0 Å². The van der Waals surface area contributed by atoms with E-state index in [1.165, 1.54) is 12.1 Å². The van der Waals surface area contributed by atoms with Gasteiger partial charge in [-0.05, 0) is 18.1 Å². The first-order valence-corrected chi connectivity index (χ1v) is 7.72. The monoisotopic (exact) mass is 329 g/mol. The number of ether oxygens (including phenoxy) is 2. The number of rotatable bonds is 5. The van der Waals surface area contributed by atoms with Gasteiger partial charge in [0, 0.05) is 30.0 Å². The molecule has 1 heterocycles. The third-order valence-corrected chi connectivity index (χ3v) is 4.78. The van der Waals surface area contributed by atoms with Crippen molar-refractivity contribution in [1.82, 2.24) is 0 Å². The average Bonchev–Trinajstić information content (AvgIpc) is 3.16. The number of nitro benzene ring substituents is 1. The molecule has 24 heavy (non-hydrogen) atoms. The highest BCUT2D eigenvalue weighted by Gasteiger charge is 2.66. The molecule has 1 aromatic carbocycles. The van der Waals surface area contributed by atoms with Crippen LogP contribution in [0.15, 0.2) is 47.9 Å². The number of hydrogen-bond donors (Lipinski definition) is 1. The molecule has 124 valence electrons. The molecular formula is C17H15NO6. The summed E-state index contributed by atoms with van der Waals surface area (Å²) in [6.45, 7) is 0.229. The van der Waals surface area contributed by atoms with E-state index < -0.39 is 10.9 Å². The number of hydrogen-bond acceptors (Lipinski definition) is 5. The molecule has 1 saturated heterocycles. The molecule has 7 heteroatoms. The van der Waals surface area contributed by atoms with Crippen molar-refractivity contribution in [3.63, 3.8) is 0 Å². The van der Waals surface area contributed by atoms with Crippen LogP contribution in [0, 0.1) is 27.9 Å². The predicted octanol–water partition coefficient (Wildman–Crippen LogP) is 2.63. The van der Waals surface area contributed by atoms with Crippen molar-refractivity contribution in [3.8, 4) is 0 Å². The maximum Gasteiger partial charge on any atom is 0.310 e. The molecule has 1 aromatic rings. The number of allylic oxidation sites excluding steroid dienone is 3. The van der Waals surface area contributed by atoms with Crippen LogP contribution >= 0.6 is 0 Å². The Hall–Kier alpha value is -2.83. The summed E-state index contributed by atoms with van der Waals surface area (Å²) in [5, 5.41) is 19.9. The number of nitrogens with zero attached hydrogens (tertiary/aromatic N) is 1. The summed E-state index contributed by atoms with van der Waals surface area (Å²) in [7, 11) is 0. The summed E-state index contributed by atoms with van der Waals surface area (Å²) in [5.74, 6) is 0.471. The van der Waals surface area contributed by atoms with Gasteiger partial charge in [-0.2, -0.15) is 0 Å².